The highest BCUT2D eigenvalue weighted by atomic mass is 35.5. The summed E-state index contributed by atoms with van der Waals surface area (Å²) < 4.78 is 5.60. The minimum atomic E-state index is 0. The number of methoxy groups -OCH3 is 1. The molecular weight excluding hydrogens is 294 g/mol. The summed E-state index contributed by atoms with van der Waals surface area (Å²) in [6.07, 6.45) is 1.21. The monoisotopic (exact) mass is 315 g/mol. The van der Waals surface area contributed by atoms with Gasteiger partial charge in [-0.3, -0.25) is 4.90 Å². The SMILES string of the molecule is COc1cccc2c1C1CN(Cc3ccccc3)CC1C2.Cl. The summed E-state index contributed by atoms with van der Waals surface area (Å²) in [6, 6.07) is 17.3. The number of rotatable bonds is 3. The molecule has 1 saturated heterocycles. The summed E-state index contributed by atoms with van der Waals surface area (Å²) >= 11 is 0. The predicted octanol–water partition coefficient (Wildman–Crippen LogP) is 3.89. The first-order valence-electron chi connectivity index (χ1n) is 7.77. The summed E-state index contributed by atoms with van der Waals surface area (Å²) in [6.45, 7) is 3.43. The molecule has 1 aliphatic heterocycles. The molecule has 0 aromatic heterocycles. The molecule has 1 aliphatic carbocycles. The summed E-state index contributed by atoms with van der Waals surface area (Å²) in [5, 5.41) is 0. The Hall–Kier alpha value is -1.51. The quantitative estimate of drug-likeness (QED) is 0.852. The molecule has 0 radical (unpaired) electrons. The maximum Gasteiger partial charge on any atom is 0.122 e. The number of ether oxygens (including phenoxy) is 1. The zero-order valence-electron chi connectivity index (χ0n) is 12.9. The van der Waals surface area contributed by atoms with Crippen molar-refractivity contribution in [3.05, 3.63) is 65.2 Å². The molecular formula is C19H22ClNO. The van der Waals surface area contributed by atoms with Gasteiger partial charge in [0.1, 0.15) is 5.75 Å². The number of nitrogens with zero attached hydrogens (tertiary/aromatic N) is 1. The molecule has 4 rings (SSSR count). The van der Waals surface area contributed by atoms with Gasteiger partial charge in [-0.15, -0.1) is 12.4 Å². The molecule has 0 saturated carbocycles. The highest BCUT2D eigenvalue weighted by molar-refractivity contribution is 5.85. The fraction of sp³-hybridized carbons (Fsp3) is 0.368. The minimum Gasteiger partial charge on any atom is -0.496 e. The van der Waals surface area contributed by atoms with Gasteiger partial charge in [-0.25, -0.2) is 0 Å². The van der Waals surface area contributed by atoms with Crippen LogP contribution in [0, 0.1) is 5.92 Å². The van der Waals surface area contributed by atoms with Crippen molar-refractivity contribution >= 4 is 12.4 Å². The van der Waals surface area contributed by atoms with Crippen molar-refractivity contribution in [2.24, 2.45) is 5.92 Å². The molecule has 2 aromatic carbocycles. The molecule has 116 valence electrons. The van der Waals surface area contributed by atoms with Crippen LogP contribution in [0.25, 0.3) is 0 Å². The van der Waals surface area contributed by atoms with Gasteiger partial charge in [-0.2, -0.15) is 0 Å². The van der Waals surface area contributed by atoms with E-state index >= 15 is 0 Å². The number of fused-ring (bicyclic) bond motifs is 3. The van der Waals surface area contributed by atoms with Gasteiger partial charge in [0.05, 0.1) is 7.11 Å². The fourth-order valence-corrected chi connectivity index (χ4v) is 4.11. The Labute approximate surface area is 138 Å². The lowest BCUT2D eigenvalue weighted by Crippen LogP contribution is -2.21. The van der Waals surface area contributed by atoms with Gasteiger partial charge in [0.25, 0.3) is 0 Å². The van der Waals surface area contributed by atoms with E-state index in [-0.39, 0.29) is 12.4 Å². The molecule has 3 heteroatoms. The van der Waals surface area contributed by atoms with Crippen molar-refractivity contribution in [1.82, 2.24) is 4.90 Å². The Morgan fingerprint density at radius 2 is 1.86 bits per heavy atom. The van der Waals surface area contributed by atoms with Gasteiger partial charge in [0.2, 0.25) is 0 Å². The average molecular weight is 316 g/mol. The highest BCUT2D eigenvalue weighted by Gasteiger charge is 2.41. The smallest absolute Gasteiger partial charge is 0.122 e. The molecule has 2 nitrogen and oxygen atoms in total. The van der Waals surface area contributed by atoms with Crippen LogP contribution < -0.4 is 4.74 Å². The second-order valence-corrected chi connectivity index (χ2v) is 6.28. The van der Waals surface area contributed by atoms with Crippen LogP contribution in [0.3, 0.4) is 0 Å². The van der Waals surface area contributed by atoms with Gasteiger partial charge in [-0.05, 0) is 29.5 Å². The molecule has 2 atom stereocenters. The van der Waals surface area contributed by atoms with E-state index in [1.165, 1.54) is 29.7 Å². The van der Waals surface area contributed by atoms with Crippen LogP contribution in [-0.2, 0) is 13.0 Å². The minimum absolute atomic E-state index is 0. The van der Waals surface area contributed by atoms with E-state index in [9.17, 15) is 0 Å². The van der Waals surface area contributed by atoms with Crippen LogP contribution in [0.1, 0.15) is 22.6 Å². The third kappa shape index (κ3) is 2.62. The lowest BCUT2D eigenvalue weighted by Gasteiger charge is -2.18. The van der Waals surface area contributed by atoms with E-state index in [2.05, 4.69) is 53.4 Å². The van der Waals surface area contributed by atoms with E-state index in [1.807, 2.05) is 0 Å². The molecule has 0 spiro atoms. The fourth-order valence-electron chi connectivity index (χ4n) is 4.11. The van der Waals surface area contributed by atoms with Gasteiger partial charge >= 0.3 is 0 Å². The van der Waals surface area contributed by atoms with Gasteiger partial charge < -0.3 is 4.74 Å². The molecule has 1 heterocycles. The van der Waals surface area contributed by atoms with E-state index in [1.54, 1.807) is 7.11 Å². The highest BCUT2D eigenvalue weighted by Crippen LogP contribution is 2.47. The lowest BCUT2D eigenvalue weighted by atomic mass is 9.96. The number of halogens is 1. The summed E-state index contributed by atoms with van der Waals surface area (Å²) in [4.78, 5) is 2.60. The molecule has 0 amide bonds. The van der Waals surface area contributed by atoms with E-state index in [0.29, 0.717) is 5.92 Å². The Morgan fingerprint density at radius 3 is 2.64 bits per heavy atom. The van der Waals surface area contributed by atoms with Crippen LogP contribution in [0.15, 0.2) is 48.5 Å². The van der Waals surface area contributed by atoms with Crippen molar-refractivity contribution < 1.29 is 4.74 Å². The number of hydrogen-bond donors (Lipinski definition) is 0. The van der Waals surface area contributed by atoms with Crippen molar-refractivity contribution in [3.63, 3.8) is 0 Å². The first-order chi connectivity index (χ1) is 10.3. The van der Waals surface area contributed by atoms with Gasteiger partial charge in [0.15, 0.2) is 0 Å². The largest absolute Gasteiger partial charge is 0.496 e. The first-order valence-corrected chi connectivity index (χ1v) is 7.77. The van der Waals surface area contributed by atoms with E-state index in [0.717, 1.165) is 24.8 Å². The van der Waals surface area contributed by atoms with Gasteiger partial charge in [0, 0.05) is 31.1 Å². The van der Waals surface area contributed by atoms with Crippen LogP contribution in [0.4, 0.5) is 0 Å². The van der Waals surface area contributed by atoms with E-state index in [4.69, 9.17) is 4.74 Å². The summed E-state index contributed by atoms with van der Waals surface area (Å²) in [5.41, 5.74) is 4.39. The molecule has 22 heavy (non-hydrogen) atoms. The van der Waals surface area contributed by atoms with E-state index < -0.39 is 0 Å². The molecule has 0 bridgehead atoms. The second kappa shape index (κ2) is 6.31. The molecule has 1 fully saturated rings. The Morgan fingerprint density at radius 1 is 1.05 bits per heavy atom. The van der Waals surface area contributed by atoms with Crippen LogP contribution >= 0.6 is 12.4 Å². The third-order valence-corrected chi connectivity index (χ3v) is 4.99. The van der Waals surface area contributed by atoms with Crippen LogP contribution in [0.2, 0.25) is 0 Å². The van der Waals surface area contributed by atoms with Crippen molar-refractivity contribution in [3.8, 4) is 5.75 Å². The van der Waals surface area contributed by atoms with Crippen LogP contribution in [0.5, 0.6) is 5.75 Å². The Kier molecular flexibility index (Phi) is 4.42. The Balaban J connectivity index is 0.00000144. The maximum atomic E-state index is 5.60. The first kappa shape index (κ1) is 15.4. The molecule has 2 aliphatic rings. The lowest BCUT2D eigenvalue weighted by molar-refractivity contribution is 0.313. The Bertz CT molecular complexity index is 643. The number of benzene rings is 2. The topological polar surface area (TPSA) is 12.5 Å². The van der Waals surface area contributed by atoms with Crippen LogP contribution in [-0.4, -0.2) is 25.1 Å². The average Bonchev–Trinajstić information content (AvgIpc) is 3.04. The third-order valence-electron chi connectivity index (χ3n) is 4.99. The second-order valence-electron chi connectivity index (χ2n) is 6.28. The number of likely N-dealkylation sites (tertiary alicyclic amines) is 1. The molecule has 0 N–H and O–H groups in total. The van der Waals surface area contributed by atoms with Crippen molar-refractivity contribution in [2.45, 2.75) is 18.9 Å². The summed E-state index contributed by atoms with van der Waals surface area (Å²) in [5.74, 6) is 2.50. The molecule has 2 aromatic rings. The standard InChI is InChI=1S/C19H21NO.ClH/c1-21-18-9-5-8-15-10-16-12-20(13-17(16)19(15)18)11-14-6-3-2-4-7-14;/h2-9,16-17H,10-13H2,1H3;1H. The van der Waals surface area contributed by atoms with Crippen molar-refractivity contribution in [2.75, 3.05) is 20.2 Å². The van der Waals surface area contributed by atoms with Gasteiger partial charge in [-0.1, -0.05) is 42.5 Å². The predicted molar refractivity (Wildman–Crippen MR) is 91.9 cm³/mol. The zero-order valence-corrected chi connectivity index (χ0v) is 13.7. The maximum absolute atomic E-state index is 5.60. The zero-order chi connectivity index (χ0) is 14.2. The summed E-state index contributed by atoms with van der Waals surface area (Å²) in [7, 11) is 1.79. The number of hydrogen-bond acceptors (Lipinski definition) is 2. The molecule has 2 unspecified atom stereocenters. The normalized spacial score (nSPS) is 22.8. The van der Waals surface area contributed by atoms with Crippen molar-refractivity contribution in [1.29, 1.82) is 0 Å².